The Labute approximate surface area is 94.1 Å². The van der Waals surface area contributed by atoms with Gasteiger partial charge in [0.2, 0.25) is 0 Å². The number of carbonyl (C=O) groups excluding carboxylic acids is 2. The standard InChI is InChI=1S/C11H14N2O3/c1-2-3-6-13-9(14)11(12-10(13)15)4-7-16-8-5-11/h1H,3-8H2,(H,12,15). The van der Waals surface area contributed by atoms with Crippen LogP contribution in [0.2, 0.25) is 0 Å². The Morgan fingerprint density at radius 3 is 2.75 bits per heavy atom. The highest BCUT2D eigenvalue weighted by atomic mass is 16.5. The van der Waals surface area contributed by atoms with Crippen LogP contribution in [0.25, 0.3) is 0 Å². The van der Waals surface area contributed by atoms with E-state index in [-0.39, 0.29) is 11.9 Å². The van der Waals surface area contributed by atoms with Crippen LogP contribution in [0.5, 0.6) is 0 Å². The molecule has 5 heteroatoms. The van der Waals surface area contributed by atoms with E-state index in [2.05, 4.69) is 11.2 Å². The lowest BCUT2D eigenvalue weighted by molar-refractivity contribution is -0.134. The first kappa shape index (κ1) is 11.0. The first-order valence-electron chi connectivity index (χ1n) is 5.35. The number of hydrogen-bond acceptors (Lipinski definition) is 3. The third kappa shape index (κ3) is 1.65. The predicted molar refractivity (Wildman–Crippen MR) is 56.5 cm³/mol. The van der Waals surface area contributed by atoms with Crippen molar-refractivity contribution in [3.63, 3.8) is 0 Å². The number of carbonyl (C=O) groups is 2. The predicted octanol–water partition coefficient (Wildman–Crippen LogP) is 0.111. The molecule has 2 aliphatic heterocycles. The second-order valence-electron chi connectivity index (χ2n) is 4.04. The van der Waals surface area contributed by atoms with E-state index in [1.165, 1.54) is 4.90 Å². The molecule has 1 N–H and O–H groups in total. The zero-order chi connectivity index (χ0) is 11.6. The monoisotopic (exact) mass is 222 g/mol. The number of urea groups is 1. The van der Waals surface area contributed by atoms with Gasteiger partial charge in [-0.3, -0.25) is 9.69 Å². The minimum Gasteiger partial charge on any atom is -0.381 e. The van der Waals surface area contributed by atoms with E-state index in [1.807, 2.05) is 0 Å². The van der Waals surface area contributed by atoms with Gasteiger partial charge in [-0.1, -0.05) is 0 Å². The molecule has 1 spiro atoms. The van der Waals surface area contributed by atoms with Gasteiger partial charge in [0.15, 0.2) is 0 Å². The van der Waals surface area contributed by atoms with Gasteiger partial charge >= 0.3 is 6.03 Å². The summed E-state index contributed by atoms with van der Waals surface area (Å²) in [7, 11) is 0. The fourth-order valence-electron chi connectivity index (χ4n) is 2.11. The molecule has 86 valence electrons. The van der Waals surface area contributed by atoms with Crippen LogP contribution >= 0.6 is 0 Å². The van der Waals surface area contributed by atoms with Crippen molar-refractivity contribution in [2.45, 2.75) is 24.8 Å². The minimum atomic E-state index is -0.732. The van der Waals surface area contributed by atoms with Gasteiger partial charge in [0.05, 0.1) is 0 Å². The molecule has 0 aliphatic carbocycles. The molecule has 2 heterocycles. The number of hydrogen-bond donors (Lipinski definition) is 1. The van der Waals surface area contributed by atoms with Gasteiger partial charge in [0, 0.05) is 39.0 Å². The maximum Gasteiger partial charge on any atom is 0.325 e. The van der Waals surface area contributed by atoms with E-state index >= 15 is 0 Å². The summed E-state index contributed by atoms with van der Waals surface area (Å²) in [5, 5.41) is 2.77. The Morgan fingerprint density at radius 1 is 1.44 bits per heavy atom. The van der Waals surface area contributed by atoms with Crippen molar-refractivity contribution >= 4 is 11.9 Å². The molecule has 0 aromatic carbocycles. The summed E-state index contributed by atoms with van der Waals surface area (Å²) in [4.78, 5) is 25.0. The number of amides is 3. The third-order valence-corrected chi connectivity index (χ3v) is 3.07. The van der Waals surface area contributed by atoms with Crippen molar-refractivity contribution in [2.75, 3.05) is 19.8 Å². The summed E-state index contributed by atoms with van der Waals surface area (Å²) in [5.41, 5.74) is -0.732. The third-order valence-electron chi connectivity index (χ3n) is 3.07. The first-order chi connectivity index (χ1) is 7.69. The molecular formula is C11H14N2O3. The molecule has 2 fully saturated rings. The average Bonchev–Trinajstić information content (AvgIpc) is 2.50. The van der Waals surface area contributed by atoms with E-state index in [1.54, 1.807) is 0 Å². The maximum atomic E-state index is 12.1. The second-order valence-corrected chi connectivity index (χ2v) is 4.04. The minimum absolute atomic E-state index is 0.156. The summed E-state index contributed by atoms with van der Waals surface area (Å²) in [5.74, 6) is 2.27. The molecule has 16 heavy (non-hydrogen) atoms. The molecule has 0 atom stereocenters. The molecule has 0 aromatic heterocycles. The number of nitrogens with one attached hydrogen (secondary N) is 1. The Kier molecular flexibility index (Phi) is 2.84. The number of terminal acetylenes is 1. The number of imide groups is 1. The lowest BCUT2D eigenvalue weighted by atomic mass is 9.90. The maximum absolute atomic E-state index is 12.1. The summed E-state index contributed by atoms with van der Waals surface area (Å²) in [6, 6.07) is -0.331. The highest BCUT2D eigenvalue weighted by molar-refractivity contribution is 6.07. The zero-order valence-corrected chi connectivity index (χ0v) is 8.99. The normalized spacial score (nSPS) is 23.3. The molecule has 2 aliphatic rings. The lowest BCUT2D eigenvalue weighted by Gasteiger charge is -2.30. The Hall–Kier alpha value is -1.54. The van der Waals surface area contributed by atoms with Crippen molar-refractivity contribution < 1.29 is 14.3 Å². The highest BCUT2D eigenvalue weighted by Gasteiger charge is 2.51. The van der Waals surface area contributed by atoms with E-state index < -0.39 is 5.54 Å². The van der Waals surface area contributed by atoms with Gasteiger partial charge in [-0.15, -0.1) is 12.3 Å². The quantitative estimate of drug-likeness (QED) is 0.533. The first-order valence-corrected chi connectivity index (χ1v) is 5.35. The van der Waals surface area contributed by atoms with Crippen LogP contribution in [0.3, 0.4) is 0 Å². The van der Waals surface area contributed by atoms with Crippen LogP contribution in [0, 0.1) is 12.3 Å². The van der Waals surface area contributed by atoms with Gasteiger partial charge in [0.1, 0.15) is 5.54 Å². The number of rotatable bonds is 2. The molecule has 3 amide bonds. The van der Waals surface area contributed by atoms with Crippen LogP contribution < -0.4 is 5.32 Å². The smallest absolute Gasteiger partial charge is 0.325 e. The van der Waals surface area contributed by atoms with Crippen molar-refractivity contribution in [2.24, 2.45) is 0 Å². The summed E-state index contributed by atoms with van der Waals surface area (Å²) >= 11 is 0. The van der Waals surface area contributed by atoms with Crippen molar-refractivity contribution in [1.82, 2.24) is 10.2 Å². The molecule has 0 unspecified atom stereocenters. The van der Waals surface area contributed by atoms with Gasteiger partial charge in [0.25, 0.3) is 5.91 Å². The van der Waals surface area contributed by atoms with Crippen LogP contribution in [-0.4, -0.2) is 42.1 Å². The summed E-state index contributed by atoms with van der Waals surface area (Å²) in [6.45, 7) is 1.31. The molecule has 2 saturated heterocycles. The molecule has 0 bridgehead atoms. The van der Waals surface area contributed by atoms with Crippen molar-refractivity contribution in [3.05, 3.63) is 0 Å². The van der Waals surface area contributed by atoms with Crippen LogP contribution in [0.15, 0.2) is 0 Å². The lowest BCUT2D eigenvalue weighted by Crippen LogP contribution is -2.51. The average molecular weight is 222 g/mol. The fourth-order valence-corrected chi connectivity index (χ4v) is 2.11. The van der Waals surface area contributed by atoms with Crippen molar-refractivity contribution in [1.29, 1.82) is 0 Å². The molecule has 0 aromatic rings. The Bertz CT molecular complexity index is 353. The summed E-state index contributed by atoms with van der Waals surface area (Å²) < 4.78 is 5.20. The molecule has 5 nitrogen and oxygen atoms in total. The largest absolute Gasteiger partial charge is 0.381 e. The highest BCUT2D eigenvalue weighted by Crippen LogP contribution is 2.28. The van der Waals surface area contributed by atoms with E-state index in [0.29, 0.717) is 39.0 Å². The number of nitrogens with zero attached hydrogens (tertiary/aromatic N) is 1. The van der Waals surface area contributed by atoms with E-state index in [4.69, 9.17) is 11.2 Å². The second kappa shape index (κ2) is 4.14. The van der Waals surface area contributed by atoms with Crippen LogP contribution in [0.4, 0.5) is 4.79 Å². The Morgan fingerprint density at radius 2 is 2.12 bits per heavy atom. The Balaban J connectivity index is 2.12. The summed E-state index contributed by atoms with van der Waals surface area (Å²) in [6.07, 6.45) is 6.61. The number of ether oxygens (including phenoxy) is 1. The van der Waals surface area contributed by atoms with E-state index in [0.717, 1.165) is 0 Å². The topological polar surface area (TPSA) is 58.6 Å². The van der Waals surface area contributed by atoms with Crippen molar-refractivity contribution in [3.8, 4) is 12.3 Å². The van der Waals surface area contributed by atoms with Gasteiger partial charge in [-0.25, -0.2) is 4.79 Å². The molecule has 2 rings (SSSR count). The molecular weight excluding hydrogens is 208 g/mol. The SMILES string of the molecule is C#CCCN1C(=O)NC2(CCOCC2)C1=O. The fraction of sp³-hybridized carbons (Fsp3) is 0.636. The zero-order valence-electron chi connectivity index (χ0n) is 8.99. The van der Waals surface area contributed by atoms with Crippen LogP contribution in [-0.2, 0) is 9.53 Å². The van der Waals surface area contributed by atoms with Crippen LogP contribution in [0.1, 0.15) is 19.3 Å². The van der Waals surface area contributed by atoms with E-state index in [9.17, 15) is 9.59 Å². The molecule has 0 radical (unpaired) electrons. The van der Waals surface area contributed by atoms with Gasteiger partial charge < -0.3 is 10.1 Å². The molecule has 0 saturated carbocycles. The van der Waals surface area contributed by atoms with Gasteiger partial charge in [-0.05, 0) is 0 Å². The van der Waals surface area contributed by atoms with Gasteiger partial charge in [-0.2, -0.15) is 0 Å².